The normalized spacial score (nSPS) is 18.8. The molecule has 7 heteroatoms. The van der Waals surface area contributed by atoms with Gasteiger partial charge in [0.2, 0.25) is 0 Å². The molecular formula is C16H22N4O3. The van der Waals surface area contributed by atoms with E-state index in [0.29, 0.717) is 12.2 Å². The fourth-order valence-corrected chi connectivity index (χ4v) is 2.63. The summed E-state index contributed by atoms with van der Waals surface area (Å²) in [5, 5.41) is 7.12. The number of hydrogen-bond donors (Lipinski definition) is 1. The quantitative estimate of drug-likeness (QED) is 0.920. The first kappa shape index (κ1) is 15.6. The summed E-state index contributed by atoms with van der Waals surface area (Å²) in [7, 11) is 1.74. The third-order valence-corrected chi connectivity index (χ3v) is 4.16. The Morgan fingerprint density at radius 1 is 1.61 bits per heavy atom. The molecule has 1 fully saturated rings. The lowest BCUT2D eigenvalue weighted by atomic mass is 10.2. The summed E-state index contributed by atoms with van der Waals surface area (Å²) in [4.78, 5) is 13.9. The molecule has 1 aliphatic rings. The van der Waals surface area contributed by atoms with Gasteiger partial charge in [-0.2, -0.15) is 5.10 Å². The number of urea groups is 1. The van der Waals surface area contributed by atoms with Gasteiger partial charge >= 0.3 is 6.03 Å². The van der Waals surface area contributed by atoms with Crippen LogP contribution in [-0.4, -0.2) is 40.5 Å². The molecule has 2 atom stereocenters. The van der Waals surface area contributed by atoms with Crippen molar-refractivity contribution in [3.63, 3.8) is 0 Å². The van der Waals surface area contributed by atoms with Crippen molar-refractivity contribution >= 4 is 11.7 Å². The highest BCUT2D eigenvalue weighted by Crippen LogP contribution is 2.20. The van der Waals surface area contributed by atoms with Crippen LogP contribution in [0, 0.1) is 0 Å². The smallest absolute Gasteiger partial charge is 0.322 e. The highest BCUT2D eigenvalue weighted by molar-refractivity contribution is 5.89. The molecule has 2 aromatic heterocycles. The highest BCUT2D eigenvalue weighted by Gasteiger charge is 2.20. The number of carbonyl (C=O) groups is 1. The maximum Gasteiger partial charge on any atom is 0.322 e. The summed E-state index contributed by atoms with van der Waals surface area (Å²) >= 11 is 0. The third-order valence-electron chi connectivity index (χ3n) is 4.16. The van der Waals surface area contributed by atoms with Gasteiger partial charge < -0.3 is 19.4 Å². The third kappa shape index (κ3) is 3.73. The lowest BCUT2D eigenvalue weighted by Gasteiger charge is -2.23. The van der Waals surface area contributed by atoms with Crippen molar-refractivity contribution < 1.29 is 13.9 Å². The largest absolute Gasteiger partial charge is 0.467 e. The van der Waals surface area contributed by atoms with Crippen LogP contribution in [0.2, 0.25) is 0 Å². The van der Waals surface area contributed by atoms with Crippen LogP contribution >= 0.6 is 0 Å². The van der Waals surface area contributed by atoms with Crippen LogP contribution in [0.25, 0.3) is 0 Å². The second-order valence-corrected chi connectivity index (χ2v) is 5.82. The minimum atomic E-state index is -0.203. The van der Waals surface area contributed by atoms with Gasteiger partial charge in [0.25, 0.3) is 0 Å². The van der Waals surface area contributed by atoms with Crippen molar-refractivity contribution in [3.05, 3.63) is 36.5 Å². The molecule has 7 nitrogen and oxygen atoms in total. The number of furan rings is 1. The molecule has 1 aliphatic heterocycles. The number of nitrogens with one attached hydrogen (secondary N) is 1. The predicted molar refractivity (Wildman–Crippen MR) is 85.1 cm³/mol. The monoisotopic (exact) mass is 318 g/mol. The molecule has 23 heavy (non-hydrogen) atoms. The van der Waals surface area contributed by atoms with Crippen LogP contribution in [0.3, 0.4) is 0 Å². The van der Waals surface area contributed by atoms with Crippen LogP contribution in [0.1, 0.15) is 31.6 Å². The molecular weight excluding hydrogens is 296 g/mol. The predicted octanol–water partition coefficient (Wildman–Crippen LogP) is 2.88. The van der Waals surface area contributed by atoms with Crippen LogP contribution in [-0.2, 0) is 11.3 Å². The summed E-state index contributed by atoms with van der Waals surface area (Å²) in [5.41, 5.74) is 0.673. The van der Waals surface area contributed by atoms with Crippen molar-refractivity contribution in [2.45, 2.75) is 38.5 Å². The molecule has 0 bridgehead atoms. The van der Waals surface area contributed by atoms with E-state index in [1.54, 1.807) is 24.4 Å². The summed E-state index contributed by atoms with van der Waals surface area (Å²) in [6, 6.07) is 3.32. The maximum absolute atomic E-state index is 12.3. The number of anilines is 1. The van der Waals surface area contributed by atoms with E-state index >= 15 is 0 Å². The Bertz CT molecular complexity index is 632. The molecule has 2 amide bonds. The van der Waals surface area contributed by atoms with Crippen molar-refractivity contribution in [1.82, 2.24) is 14.7 Å². The van der Waals surface area contributed by atoms with Gasteiger partial charge in [0, 0.05) is 19.9 Å². The first-order chi connectivity index (χ1) is 11.1. The number of hydrogen-bond acceptors (Lipinski definition) is 4. The molecule has 0 radical (unpaired) electrons. The Hall–Kier alpha value is -2.28. The Balaban J connectivity index is 1.56. The van der Waals surface area contributed by atoms with Gasteiger partial charge in [-0.3, -0.25) is 4.68 Å². The second-order valence-electron chi connectivity index (χ2n) is 5.82. The fourth-order valence-electron chi connectivity index (χ4n) is 2.63. The highest BCUT2D eigenvalue weighted by atomic mass is 16.5. The number of carbonyl (C=O) groups excluding carboxylic acids is 1. The maximum atomic E-state index is 12.3. The van der Waals surface area contributed by atoms with Crippen molar-refractivity contribution in [2.75, 3.05) is 19.0 Å². The number of ether oxygens (including phenoxy) is 1. The van der Waals surface area contributed by atoms with Gasteiger partial charge in [-0.05, 0) is 31.9 Å². The molecule has 0 spiro atoms. The summed E-state index contributed by atoms with van der Waals surface area (Å²) < 4.78 is 12.7. The first-order valence-corrected chi connectivity index (χ1v) is 7.85. The molecule has 3 heterocycles. The zero-order valence-electron chi connectivity index (χ0n) is 13.4. The van der Waals surface area contributed by atoms with Crippen molar-refractivity contribution in [2.24, 2.45) is 0 Å². The lowest BCUT2D eigenvalue weighted by Crippen LogP contribution is -2.33. The Kier molecular flexibility index (Phi) is 4.66. The number of amides is 2. The zero-order valence-corrected chi connectivity index (χ0v) is 13.4. The van der Waals surface area contributed by atoms with Gasteiger partial charge in [-0.1, -0.05) is 0 Å². The standard InChI is InChI=1S/C16H22N4O3/c1-12(15-6-4-8-23-15)19(2)16(21)18-13-9-17-20(10-13)11-14-5-3-7-22-14/h4,6,8-10,12,14H,3,5,7,11H2,1-2H3,(H,18,21)/t12-,14+/m0/s1. The molecule has 2 aromatic rings. The lowest BCUT2D eigenvalue weighted by molar-refractivity contribution is 0.0940. The number of nitrogens with zero attached hydrogens (tertiary/aromatic N) is 3. The Morgan fingerprint density at radius 2 is 2.48 bits per heavy atom. The van der Waals surface area contributed by atoms with Crippen LogP contribution in [0.5, 0.6) is 0 Å². The van der Waals surface area contributed by atoms with E-state index in [9.17, 15) is 4.79 Å². The minimum absolute atomic E-state index is 0.146. The van der Waals surface area contributed by atoms with Gasteiger partial charge in [0.1, 0.15) is 5.76 Å². The van der Waals surface area contributed by atoms with Crippen molar-refractivity contribution in [1.29, 1.82) is 0 Å². The molecule has 1 N–H and O–H groups in total. The minimum Gasteiger partial charge on any atom is -0.467 e. The van der Waals surface area contributed by atoms with Crippen LogP contribution in [0.15, 0.2) is 35.2 Å². The average Bonchev–Trinajstić information content (AvgIpc) is 3.28. The van der Waals surface area contributed by atoms with E-state index in [2.05, 4.69) is 10.4 Å². The molecule has 0 aliphatic carbocycles. The van der Waals surface area contributed by atoms with E-state index in [1.807, 2.05) is 29.9 Å². The second kappa shape index (κ2) is 6.87. The van der Waals surface area contributed by atoms with E-state index in [1.165, 1.54) is 0 Å². The zero-order chi connectivity index (χ0) is 16.2. The topological polar surface area (TPSA) is 72.5 Å². The molecule has 0 unspecified atom stereocenters. The van der Waals surface area contributed by atoms with Crippen molar-refractivity contribution in [3.8, 4) is 0 Å². The number of rotatable bonds is 5. The van der Waals surface area contributed by atoms with Gasteiger partial charge in [0.05, 0.1) is 36.8 Å². The SMILES string of the molecule is C[C@@H](c1ccco1)N(C)C(=O)Nc1cnn(C[C@H]2CCCO2)c1. The molecule has 0 saturated carbocycles. The fraction of sp³-hybridized carbons (Fsp3) is 0.500. The molecule has 0 aromatic carbocycles. The van der Waals surface area contributed by atoms with Gasteiger partial charge in [0.15, 0.2) is 0 Å². The Labute approximate surface area is 135 Å². The average molecular weight is 318 g/mol. The van der Waals surface area contributed by atoms with Crippen LogP contribution in [0.4, 0.5) is 10.5 Å². The van der Waals surface area contributed by atoms with E-state index in [4.69, 9.17) is 9.15 Å². The number of aromatic nitrogens is 2. The summed E-state index contributed by atoms with van der Waals surface area (Å²) in [6.07, 6.45) is 7.46. The summed E-state index contributed by atoms with van der Waals surface area (Å²) in [5.74, 6) is 0.747. The first-order valence-electron chi connectivity index (χ1n) is 7.85. The molecule has 1 saturated heterocycles. The van der Waals surface area contributed by atoms with Gasteiger partial charge in [-0.15, -0.1) is 0 Å². The molecule has 3 rings (SSSR count). The van der Waals surface area contributed by atoms with E-state index in [-0.39, 0.29) is 18.2 Å². The Morgan fingerprint density at radius 3 is 3.17 bits per heavy atom. The summed E-state index contributed by atoms with van der Waals surface area (Å²) in [6.45, 7) is 3.46. The van der Waals surface area contributed by atoms with E-state index in [0.717, 1.165) is 25.2 Å². The molecule has 124 valence electrons. The van der Waals surface area contributed by atoms with Crippen LogP contribution < -0.4 is 5.32 Å². The van der Waals surface area contributed by atoms with Gasteiger partial charge in [-0.25, -0.2) is 4.79 Å². The van der Waals surface area contributed by atoms with E-state index < -0.39 is 0 Å².